The number of aryl methyl sites for hydroxylation is 2. The van der Waals surface area contributed by atoms with Crippen LogP contribution in [0.1, 0.15) is 27.9 Å². The molecule has 0 aliphatic heterocycles. The summed E-state index contributed by atoms with van der Waals surface area (Å²) in [5.74, 6) is -0.858. The van der Waals surface area contributed by atoms with Gasteiger partial charge in [0.2, 0.25) is 0 Å². The molecule has 0 atom stereocenters. The Morgan fingerprint density at radius 3 is 2.62 bits per heavy atom. The summed E-state index contributed by atoms with van der Waals surface area (Å²) in [5.41, 5.74) is 3.27. The van der Waals surface area contributed by atoms with Gasteiger partial charge >= 0.3 is 5.97 Å². The number of carboxylic acid groups (broad SMARTS) is 1. The van der Waals surface area contributed by atoms with Crippen LogP contribution in [-0.2, 0) is 12.8 Å². The van der Waals surface area contributed by atoms with Gasteiger partial charge in [0, 0.05) is 14.7 Å². The van der Waals surface area contributed by atoms with Gasteiger partial charge in [-0.2, -0.15) is 0 Å². The van der Waals surface area contributed by atoms with Crippen LogP contribution < -0.4 is 0 Å². The van der Waals surface area contributed by atoms with Crippen molar-refractivity contribution in [2.75, 3.05) is 6.26 Å². The van der Waals surface area contributed by atoms with Crippen LogP contribution in [0, 0.1) is 0 Å². The van der Waals surface area contributed by atoms with E-state index in [0.717, 1.165) is 21.1 Å². The molecule has 2 aromatic rings. The first-order valence-electron chi connectivity index (χ1n) is 6.89. The summed E-state index contributed by atoms with van der Waals surface area (Å²) in [7, 11) is 0. The smallest absolute Gasteiger partial charge is 0.337 e. The molecule has 0 fully saturated rings. The highest BCUT2D eigenvalue weighted by Crippen LogP contribution is 2.36. The summed E-state index contributed by atoms with van der Waals surface area (Å²) in [6.45, 7) is 0. The molecule has 0 spiro atoms. The Labute approximate surface area is 133 Å². The molecular formula is C17H16O2S2. The van der Waals surface area contributed by atoms with Crippen molar-refractivity contribution in [3.63, 3.8) is 0 Å². The lowest BCUT2D eigenvalue weighted by molar-refractivity contribution is 0.0689. The summed E-state index contributed by atoms with van der Waals surface area (Å²) in [5, 5.41) is 9.48. The normalized spacial score (nSPS) is 13.2. The molecule has 0 amide bonds. The minimum Gasteiger partial charge on any atom is -0.478 e. The van der Waals surface area contributed by atoms with Crippen molar-refractivity contribution in [1.29, 1.82) is 0 Å². The molecule has 0 saturated heterocycles. The van der Waals surface area contributed by atoms with Crippen LogP contribution in [0.15, 0.2) is 51.1 Å². The Hall–Kier alpha value is -1.39. The summed E-state index contributed by atoms with van der Waals surface area (Å²) in [6.07, 6.45) is 5.44. The number of rotatable bonds is 4. The number of hydrogen-bond donors (Lipinski definition) is 1. The van der Waals surface area contributed by atoms with Gasteiger partial charge in [0.15, 0.2) is 0 Å². The van der Waals surface area contributed by atoms with Gasteiger partial charge in [-0.1, -0.05) is 23.9 Å². The molecule has 108 valence electrons. The van der Waals surface area contributed by atoms with Crippen molar-refractivity contribution in [1.82, 2.24) is 0 Å². The third kappa shape index (κ3) is 2.97. The van der Waals surface area contributed by atoms with E-state index in [1.165, 1.54) is 35.7 Å². The molecule has 0 unspecified atom stereocenters. The van der Waals surface area contributed by atoms with E-state index in [1.807, 2.05) is 24.5 Å². The second kappa shape index (κ2) is 6.16. The zero-order valence-corrected chi connectivity index (χ0v) is 13.4. The van der Waals surface area contributed by atoms with E-state index in [4.69, 9.17) is 0 Å². The van der Waals surface area contributed by atoms with Crippen LogP contribution in [0.3, 0.4) is 0 Å². The first kappa shape index (κ1) is 14.5. The second-order valence-corrected chi connectivity index (χ2v) is 6.99. The summed E-state index contributed by atoms with van der Waals surface area (Å²) >= 11 is 3.02. The van der Waals surface area contributed by atoms with Gasteiger partial charge < -0.3 is 5.11 Å². The second-order valence-electron chi connectivity index (χ2n) is 5.02. The molecular weight excluding hydrogens is 300 g/mol. The van der Waals surface area contributed by atoms with Crippen LogP contribution >= 0.6 is 23.5 Å². The Kier molecular flexibility index (Phi) is 4.27. The van der Waals surface area contributed by atoms with Gasteiger partial charge in [-0.05, 0) is 60.9 Å². The Balaban J connectivity index is 1.96. The average Bonchev–Trinajstić information content (AvgIpc) is 2.94. The molecule has 1 N–H and O–H groups in total. The van der Waals surface area contributed by atoms with Gasteiger partial charge in [-0.3, -0.25) is 0 Å². The Morgan fingerprint density at radius 2 is 1.86 bits per heavy atom. The molecule has 1 aliphatic rings. The van der Waals surface area contributed by atoms with E-state index in [9.17, 15) is 9.90 Å². The summed E-state index contributed by atoms with van der Waals surface area (Å²) < 4.78 is 0. The lowest BCUT2D eigenvalue weighted by atomic mass is 10.1. The van der Waals surface area contributed by atoms with Gasteiger partial charge in [-0.25, -0.2) is 4.79 Å². The molecule has 4 heteroatoms. The molecule has 2 nitrogen and oxygen atoms in total. The van der Waals surface area contributed by atoms with E-state index >= 15 is 0 Å². The molecule has 2 aromatic carbocycles. The summed E-state index contributed by atoms with van der Waals surface area (Å²) in [4.78, 5) is 14.3. The molecule has 0 saturated carbocycles. The number of carbonyl (C=O) groups is 1. The number of thioether (sulfide) groups is 1. The van der Waals surface area contributed by atoms with Crippen LogP contribution in [0.2, 0.25) is 0 Å². The number of hydrogen-bond acceptors (Lipinski definition) is 3. The third-order valence-corrected chi connectivity index (χ3v) is 5.55. The molecule has 0 aromatic heterocycles. The van der Waals surface area contributed by atoms with E-state index in [1.54, 1.807) is 11.8 Å². The maximum atomic E-state index is 11.6. The van der Waals surface area contributed by atoms with Crippen molar-refractivity contribution in [3.05, 3.63) is 53.1 Å². The van der Waals surface area contributed by atoms with Gasteiger partial charge in [-0.15, -0.1) is 11.8 Å². The van der Waals surface area contributed by atoms with Crippen molar-refractivity contribution >= 4 is 29.5 Å². The highest BCUT2D eigenvalue weighted by atomic mass is 32.2. The highest BCUT2D eigenvalue weighted by Gasteiger charge is 2.17. The van der Waals surface area contributed by atoms with E-state index in [0.29, 0.717) is 5.56 Å². The van der Waals surface area contributed by atoms with Crippen molar-refractivity contribution in [2.24, 2.45) is 0 Å². The first-order valence-corrected chi connectivity index (χ1v) is 8.93. The van der Waals surface area contributed by atoms with Crippen LogP contribution in [-0.4, -0.2) is 17.3 Å². The molecule has 0 radical (unpaired) electrons. The fourth-order valence-electron chi connectivity index (χ4n) is 2.72. The number of fused-ring (bicyclic) bond motifs is 1. The number of benzene rings is 2. The third-order valence-electron chi connectivity index (χ3n) is 3.72. The van der Waals surface area contributed by atoms with Gasteiger partial charge in [0.25, 0.3) is 0 Å². The van der Waals surface area contributed by atoms with Crippen molar-refractivity contribution < 1.29 is 9.90 Å². The van der Waals surface area contributed by atoms with Crippen molar-refractivity contribution in [2.45, 2.75) is 33.9 Å². The van der Waals surface area contributed by atoms with E-state index < -0.39 is 5.97 Å². The lowest BCUT2D eigenvalue weighted by Gasteiger charge is -2.10. The van der Waals surface area contributed by atoms with Crippen molar-refractivity contribution in [3.8, 4) is 0 Å². The molecule has 0 heterocycles. The Bertz CT molecular complexity index is 695. The van der Waals surface area contributed by atoms with E-state index in [-0.39, 0.29) is 0 Å². The zero-order valence-electron chi connectivity index (χ0n) is 11.8. The standard InChI is InChI=1S/C17H16O2S2/c1-20-14-6-3-7-15(16(14)17(18)19)21-13-9-8-11-4-2-5-12(11)10-13/h3,6-10H,2,4-5H2,1H3,(H,18,19). The first-order chi connectivity index (χ1) is 10.2. The van der Waals surface area contributed by atoms with Crippen LogP contribution in [0.4, 0.5) is 0 Å². The average molecular weight is 316 g/mol. The van der Waals surface area contributed by atoms with Crippen LogP contribution in [0.25, 0.3) is 0 Å². The van der Waals surface area contributed by atoms with Crippen LogP contribution in [0.5, 0.6) is 0 Å². The highest BCUT2D eigenvalue weighted by molar-refractivity contribution is 8.00. The monoisotopic (exact) mass is 316 g/mol. The molecule has 1 aliphatic carbocycles. The van der Waals surface area contributed by atoms with E-state index in [2.05, 4.69) is 18.2 Å². The fourth-order valence-corrected chi connectivity index (χ4v) is 4.43. The lowest BCUT2D eigenvalue weighted by Crippen LogP contribution is -2.01. The quantitative estimate of drug-likeness (QED) is 0.826. The fraction of sp³-hybridized carbons (Fsp3) is 0.235. The topological polar surface area (TPSA) is 37.3 Å². The summed E-state index contributed by atoms with van der Waals surface area (Å²) in [6, 6.07) is 12.2. The SMILES string of the molecule is CSc1cccc(Sc2ccc3c(c2)CCC3)c1C(=O)O. The molecule has 0 bridgehead atoms. The molecule has 3 rings (SSSR count). The largest absolute Gasteiger partial charge is 0.478 e. The molecule has 21 heavy (non-hydrogen) atoms. The number of aromatic carboxylic acids is 1. The maximum absolute atomic E-state index is 11.6. The number of carboxylic acids is 1. The zero-order chi connectivity index (χ0) is 14.8. The Morgan fingerprint density at radius 1 is 1.10 bits per heavy atom. The maximum Gasteiger partial charge on any atom is 0.337 e. The van der Waals surface area contributed by atoms with Gasteiger partial charge in [0.1, 0.15) is 0 Å². The minimum absolute atomic E-state index is 0.412. The predicted molar refractivity (Wildman–Crippen MR) is 87.8 cm³/mol. The predicted octanol–water partition coefficient (Wildman–Crippen LogP) is 4.75. The minimum atomic E-state index is -0.858. The van der Waals surface area contributed by atoms with Gasteiger partial charge in [0.05, 0.1) is 5.56 Å².